The molecule has 2 rings (SSSR count). The molecule has 0 saturated carbocycles. The van der Waals surface area contributed by atoms with Crippen LogP contribution in [-0.4, -0.2) is 17.6 Å². The van der Waals surface area contributed by atoms with Crippen LogP contribution in [0.2, 0.25) is 0 Å². The van der Waals surface area contributed by atoms with Crippen LogP contribution in [0.1, 0.15) is 85.0 Å². The van der Waals surface area contributed by atoms with E-state index in [0.29, 0.717) is 12.1 Å². The quantitative estimate of drug-likeness (QED) is 0.345. The average Bonchev–Trinajstić information content (AvgIpc) is 3.08. The molecule has 1 unspecified atom stereocenters. The molecule has 0 N–H and O–H groups in total. The number of anilines is 1. The summed E-state index contributed by atoms with van der Waals surface area (Å²) in [6, 6.07) is 10.8. The Labute approximate surface area is 162 Å². The zero-order valence-electron chi connectivity index (χ0n) is 17.4. The Balaban J connectivity index is 1.64. The Morgan fingerprint density at radius 3 is 1.92 bits per heavy atom. The minimum Gasteiger partial charge on any atom is -0.355 e. The van der Waals surface area contributed by atoms with Crippen molar-refractivity contribution >= 4 is 5.69 Å². The van der Waals surface area contributed by atoms with Crippen molar-refractivity contribution in [2.24, 2.45) is 5.92 Å². The van der Waals surface area contributed by atoms with Crippen LogP contribution in [-0.2, 0) is 0 Å². The van der Waals surface area contributed by atoms with Crippen LogP contribution in [0.15, 0.2) is 42.7 Å². The van der Waals surface area contributed by atoms with Crippen molar-refractivity contribution in [2.45, 2.75) is 91.1 Å². The van der Waals surface area contributed by atoms with E-state index >= 15 is 0 Å². The molecule has 2 heteroatoms. The normalized spacial score (nSPS) is 16.8. The number of para-hydroxylation sites is 1. The van der Waals surface area contributed by atoms with Crippen LogP contribution in [0.4, 0.5) is 5.69 Å². The molecule has 1 heterocycles. The van der Waals surface area contributed by atoms with E-state index in [1.54, 1.807) is 0 Å². The Bertz CT molecular complexity index is 494. The smallest absolute Gasteiger partial charge is 0.108 e. The highest BCUT2D eigenvalue weighted by atomic mass is 15.4. The van der Waals surface area contributed by atoms with Gasteiger partial charge in [-0.1, -0.05) is 96.8 Å². The number of benzene rings is 1. The van der Waals surface area contributed by atoms with Gasteiger partial charge in [-0.3, -0.25) is 0 Å². The molecule has 146 valence electrons. The summed E-state index contributed by atoms with van der Waals surface area (Å²) in [5.74, 6) is 0.605. The maximum Gasteiger partial charge on any atom is 0.108 e. The molecule has 1 aromatic carbocycles. The molecule has 0 radical (unpaired) electrons. The molecule has 2 nitrogen and oxygen atoms in total. The second kappa shape index (κ2) is 12.0. The Hall–Kier alpha value is -1.44. The van der Waals surface area contributed by atoms with Gasteiger partial charge in [-0.05, 0) is 24.5 Å². The molecule has 26 heavy (non-hydrogen) atoms. The Morgan fingerprint density at radius 2 is 1.35 bits per heavy atom. The first kappa shape index (κ1) is 20.9. The van der Waals surface area contributed by atoms with Crippen molar-refractivity contribution in [2.75, 3.05) is 11.4 Å². The molecule has 0 spiro atoms. The average molecular weight is 357 g/mol. The van der Waals surface area contributed by atoms with E-state index < -0.39 is 0 Å². The molecule has 0 saturated heterocycles. The monoisotopic (exact) mass is 356 g/mol. The first-order valence-electron chi connectivity index (χ1n) is 11.0. The van der Waals surface area contributed by atoms with Crippen molar-refractivity contribution in [3.8, 4) is 0 Å². The van der Waals surface area contributed by atoms with Crippen LogP contribution in [0.25, 0.3) is 0 Å². The number of rotatable bonds is 13. The van der Waals surface area contributed by atoms with Gasteiger partial charge >= 0.3 is 0 Å². The molecule has 1 aliphatic heterocycles. The zero-order valence-corrected chi connectivity index (χ0v) is 17.4. The number of hydrogen-bond donors (Lipinski definition) is 0. The van der Waals surface area contributed by atoms with Crippen LogP contribution in [0.3, 0.4) is 0 Å². The minimum atomic E-state index is 0.455. The standard InChI is InChI=1S/C24H40N2/c1-4-5-6-7-8-9-10-11-12-16-19-25-20-21-26(24(25)22(2)3)23-17-14-13-15-18-23/h13-15,17-18,20-22,24H,4-12,16,19H2,1-3H3. The van der Waals surface area contributed by atoms with Crippen LogP contribution < -0.4 is 4.90 Å². The number of nitrogens with zero attached hydrogens (tertiary/aromatic N) is 2. The second-order valence-electron chi connectivity index (χ2n) is 8.12. The van der Waals surface area contributed by atoms with E-state index in [9.17, 15) is 0 Å². The molecule has 0 aromatic heterocycles. The predicted octanol–water partition coefficient (Wildman–Crippen LogP) is 7.18. The van der Waals surface area contributed by atoms with Gasteiger partial charge in [-0.2, -0.15) is 0 Å². The van der Waals surface area contributed by atoms with Gasteiger partial charge < -0.3 is 9.80 Å². The number of hydrogen-bond acceptors (Lipinski definition) is 2. The zero-order chi connectivity index (χ0) is 18.6. The van der Waals surface area contributed by atoms with Crippen molar-refractivity contribution < 1.29 is 0 Å². The van der Waals surface area contributed by atoms with Gasteiger partial charge in [0.05, 0.1) is 0 Å². The first-order valence-corrected chi connectivity index (χ1v) is 11.0. The van der Waals surface area contributed by atoms with Gasteiger partial charge in [0.25, 0.3) is 0 Å². The molecule has 0 amide bonds. The fourth-order valence-electron chi connectivity index (χ4n) is 4.03. The first-order chi connectivity index (χ1) is 12.7. The summed E-state index contributed by atoms with van der Waals surface area (Å²) in [7, 11) is 0. The summed E-state index contributed by atoms with van der Waals surface area (Å²) in [4.78, 5) is 4.98. The number of unbranched alkanes of at least 4 members (excludes halogenated alkanes) is 9. The van der Waals surface area contributed by atoms with Gasteiger partial charge in [0, 0.05) is 24.6 Å². The van der Waals surface area contributed by atoms with E-state index in [4.69, 9.17) is 0 Å². The molecular formula is C24H40N2. The fourth-order valence-corrected chi connectivity index (χ4v) is 4.03. The summed E-state index contributed by atoms with van der Waals surface area (Å²) < 4.78 is 0. The molecule has 0 bridgehead atoms. The largest absolute Gasteiger partial charge is 0.355 e. The van der Waals surface area contributed by atoms with Crippen molar-refractivity contribution in [3.05, 3.63) is 42.7 Å². The third kappa shape index (κ3) is 6.70. The molecule has 1 aliphatic rings. The van der Waals surface area contributed by atoms with Crippen molar-refractivity contribution in [1.82, 2.24) is 4.90 Å². The summed E-state index contributed by atoms with van der Waals surface area (Å²) in [6.07, 6.45) is 19.0. The maximum atomic E-state index is 2.54. The van der Waals surface area contributed by atoms with Crippen molar-refractivity contribution in [3.63, 3.8) is 0 Å². The van der Waals surface area contributed by atoms with Gasteiger partial charge in [0.1, 0.15) is 6.17 Å². The lowest BCUT2D eigenvalue weighted by atomic mass is 10.1. The highest BCUT2D eigenvalue weighted by Gasteiger charge is 2.29. The molecule has 0 aliphatic carbocycles. The topological polar surface area (TPSA) is 6.48 Å². The maximum absolute atomic E-state index is 2.54. The second-order valence-corrected chi connectivity index (χ2v) is 8.12. The highest BCUT2D eigenvalue weighted by Crippen LogP contribution is 2.29. The van der Waals surface area contributed by atoms with Crippen LogP contribution in [0, 0.1) is 5.92 Å². The third-order valence-corrected chi connectivity index (χ3v) is 5.46. The van der Waals surface area contributed by atoms with Gasteiger partial charge in [-0.25, -0.2) is 0 Å². The van der Waals surface area contributed by atoms with E-state index in [0.717, 1.165) is 0 Å². The van der Waals surface area contributed by atoms with Crippen LogP contribution >= 0.6 is 0 Å². The molecule has 1 aromatic rings. The van der Waals surface area contributed by atoms with E-state index in [2.05, 4.69) is 73.3 Å². The summed E-state index contributed by atoms with van der Waals surface area (Å²) >= 11 is 0. The van der Waals surface area contributed by atoms with Gasteiger partial charge in [0.2, 0.25) is 0 Å². The van der Waals surface area contributed by atoms with Gasteiger partial charge in [0.15, 0.2) is 0 Å². The van der Waals surface area contributed by atoms with Crippen LogP contribution in [0.5, 0.6) is 0 Å². The lowest BCUT2D eigenvalue weighted by Gasteiger charge is -2.35. The van der Waals surface area contributed by atoms with Gasteiger partial charge in [-0.15, -0.1) is 0 Å². The van der Waals surface area contributed by atoms with E-state index in [-0.39, 0.29) is 0 Å². The summed E-state index contributed by atoms with van der Waals surface area (Å²) in [5, 5.41) is 0. The van der Waals surface area contributed by atoms with E-state index in [1.807, 2.05) is 0 Å². The summed E-state index contributed by atoms with van der Waals surface area (Å²) in [6.45, 7) is 8.13. The van der Waals surface area contributed by atoms with E-state index in [1.165, 1.54) is 76.4 Å². The molecular weight excluding hydrogens is 316 g/mol. The minimum absolute atomic E-state index is 0.455. The Morgan fingerprint density at radius 1 is 0.769 bits per heavy atom. The fraction of sp³-hybridized carbons (Fsp3) is 0.667. The summed E-state index contributed by atoms with van der Waals surface area (Å²) in [5.41, 5.74) is 1.30. The third-order valence-electron chi connectivity index (χ3n) is 5.46. The highest BCUT2D eigenvalue weighted by molar-refractivity contribution is 5.51. The predicted molar refractivity (Wildman–Crippen MR) is 115 cm³/mol. The molecule has 1 atom stereocenters. The lowest BCUT2D eigenvalue weighted by Crippen LogP contribution is -2.43. The molecule has 0 fully saturated rings. The SMILES string of the molecule is CCCCCCCCCCCCN1C=CN(c2ccccc2)C1C(C)C. The lowest BCUT2D eigenvalue weighted by molar-refractivity contribution is 0.237. The van der Waals surface area contributed by atoms with Crippen molar-refractivity contribution in [1.29, 1.82) is 0 Å². The Kier molecular flexibility index (Phi) is 9.66.